The zero-order valence-corrected chi connectivity index (χ0v) is 12.2. The van der Waals surface area contributed by atoms with E-state index in [9.17, 15) is 9.59 Å². The van der Waals surface area contributed by atoms with Gasteiger partial charge in [-0.25, -0.2) is 4.79 Å². The van der Waals surface area contributed by atoms with Gasteiger partial charge in [-0.3, -0.25) is 4.79 Å². The minimum atomic E-state index is -0.905. The van der Waals surface area contributed by atoms with Crippen LogP contribution in [0.2, 0.25) is 0 Å². The van der Waals surface area contributed by atoms with Gasteiger partial charge >= 0.3 is 12.0 Å². The van der Waals surface area contributed by atoms with Crippen LogP contribution in [0.1, 0.15) is 33.0 Å². The monoisotopic (exact) mass is 282 g/mol. The molecule has 0 unspecified atom stereocenters. The van der Waals surface area contributed by atoms with Crippen LogP contribution in [0.3, 0.4) is 0 Å². The second-order valence-corrected chi connectivity index (χ2v) is 4.81. The number of aliphatic carboxylic acids is 1. The van der Waals surface area contributed by atoms with Gasteiger partial charge in [0.2, 0.25) is 0 Å². The number of furan rings is 1. The fourth-order valence-corrected chi connectivity index (χ4v) is 1.88. The van der Waals surface area contributed by atoms with Gasteiger partial charge in [0.25, 0.3) is 0 Å². The fraction of sp³-hybridized carbons (Fsp3) is 0.571. The number of urea groups is 1. The summed E-state index contributed by atoms with van der Waals surface area (Å²) in [5.41, 5.74) is 0. The van der Waals surface area contributed by atoms with Crippen LogP contribution in [0.5, 0.6) is 0 Å². The Hall–Kier alpha value is -1.98. The summed E-state index contributed by atoms with van der Waals surface area (Å²) in [4.78, 5) is 26.4. The average Bonchev–Trinajstić information content (AvgIpc) is 2.87. The van der Waals surface area contributed by atoms with Crippen molar-refractivity contribution in [2.45, 2.75) is 39.8 Å². The number of rotatable bonds is 7. The van der Waals surface area contributed by atoms with E-state index < -0.39 is 5.97 Å². The number of hydrogen-bond acceptors (Lipinski definition) is 3. The molecule has 0 saturated heterocycles. The van der Waals surface area contributed by atoms with E-state index in [1.165, 1.54) is 0 Å². The summed E-state index contributed by atoms with van der Waals surface area (Å²) in [5.74, 6) is -0.195. The number of hydrogen-bond donors (Lipinski definition) is 1. The highest BCUT2D eigenvalue weighted by atomic mass is 16.4. The molecule has 2 amide bonds. The van der Waals surface area contributed by atoms with Crippen molar-refractivity contribution < 1.29 is 19.1 Å². The van der Waals surface area contributed by atoms with Gasteiger partial charge in [0.1, 0.15) is 5.76 Å². The number of carboxylic acid groups (broad SMARTS) is 1. The second-order valence-electron chi connectivity index (χ2n) is 4.81. The molecule has 0 fully saturated rings. The lowest BCUT2D eigenvalue weighted by Gasteiger charge is -2.32. The predicted octanol–water partition coefficient (Wildman–Crippen LogP) is 2.41. The van der Waals surface area contributed by atoms with Gasteiger partial charge in [0, 0.05) is 19.1 Å². The quantitative estimate of drug-likeness (QED) is 0.833. The van der Waals surface area contributed by atoms with Crippen molar-refractivity contribution in [2.75, 3.05) is 13.1 Å². The van der Waals surface area contributed by atoms with Crippen LogP contribution in [-0.4, -0.2) is 46.0 Å². The molecule has 0 aliphatic carbocycles. The Balaban J connectivity index is 2.72. The van der Waals surface area contributed by atoms with Gasteiger partial charge in [-0.2, -0.15) is 0 Å². The summed E-state index contributed by atoms with van der Waals surface area (Å²) in [6.45, 7) is 6.77. The number of carboxylic acids is 1. The molecule has 6 nitrogen and oxygen atoms in total. The first kappa shape index (κ1) is 16.1. The van der Waals surface area contributed by atoms with Crippen LogP contribution >= 0.6 is 0 Å². The first-order chi connectivity index (χ1) is 9.45. The van der Waals surface area contributed by atoms with Crippen LogP contribution in [0.15, 0.2) is 22.8 Å². The second kappa shape index (κ2) is 7.57. The number of amides is 2. The van der Waals surface area contributed by atoms with Crippen LogP contribution in [0, 0.1) is 0 Å². The zero-order valence-electron chi connectivity index (χ0n) is 12.2. The molecule has 0 aliphatic rings. The van der Waals surface area contributed by atoms with Crippen LogP contribution < -0.4 is 0 Å². The molecular weight excluding hydrogens is 260 g/mol. The molecule has 1 N–H and O–H groups in total. The van der Waals surface area contributed by atoms with Gasteiger partial charge in [-0.1, -0.05) is 0 Å². The van der Waals surface area contributed by atoms with Gasteiger partial charge in [-0.15, -0.1) is 0 Å². The minimum Gasteiger partial charge on any atom is -0.481 e. The normalized spacial score (nSPS) is 10.6. The first-order valence-corrected chi connectivity index (χ1v) is 6.75. The highest BCUT2D eigenvalue weighted by molar-refractivity contribution is 5.75. The van der Waals surface area contributed by atoms with E-state index in [0.717, 1.165) is 0 Å². The summed E-state index contributed by atoms with van der Waals surface area (Å²) in [7, 11) is 0. The van der Waals surface area contributed by atoms with Crippen molar-refractivity contribution >= 4 is 12.0 Å². The largest absolute Gasteiger partial charge is 0.481 e. The SMILES string of the molecule is CCN(Cc1ccco1)C(=O)N(CCC(=O)O)C(C)C. The van der Waals surface area contributed by atoms with Crippen LogP contribution in [0.25, 0.3) is 0 Å². The van der Waals surface area contributed by atoms with Gasteiger partial charge in [0.05, 0.1) is 19.2 Å². The maximum atomic E-state index is 12.5. The summed E-state index contributed by atoms with van der Waals surface area (Å²) in [5, 5.41) is 8.76. The lowest BCUT2D eigenvalue weighted by molar-refractivity contribution is -0.137. The van der Waals surface area contributed by atoms with E-state index in [4.69, 9.17) is 9.52 Å². The Labute approximate surface area is 119 Å². The van der Waals surface area contributed by atoms with E-state index in [2.05, 4.69) is 0 Å². The Kier molecular flexibility index (Phi) is 6.09. The molecule has 1 aromatic rings. The molecular formula is C14H22N2O4. The van der Waals surface area contributed by atoms with Gasteiger partial charge in [0.15, 0.2) is 0 Å². The summed E-state index contributed by atoms with van der Waals surface area (Å²) in [6.07, 6.45) is 1.51. The average molecular weight is 282 g/mol. The Bertz CT molecular complexity index is 428. The van der Waals surface area contributed by atoms with E-state index in [-0.39, 0.29) is 25.0 Å². The van der Waals surface area contributed by atoms with Crippen LogP contribution in [-0.2, 0) is 11.3 Å². The Morgan fingerprint density at radius 1 is 1.40 bits per heavy atom. The van der Waals surface area contributed by atoms with Crippen molar-refractivity contribution in [1.29, 1.82) is 0 Å². The molecule has 1 rings (SSSR count). The van der Waals surface area contributed by atoms with Crippen molar-refractivity contribution in [2.24, 2.45) is 0 Å². The first-order valence-electron chi connectivity index (χ1n) is 6.75. The topological polar surface area (TPSA) is 74.0 Å². The molecule has 0 saturated carbocycles. The third-order valence-corrected chi connectivity index (χ3v) is 3.01. The predicted molar refractivity (Wildman–Crippen MR) is 74.3 cm³/mol. The van der Waals surface area contributed by atoms with Crippen molar-refractivity contribution in [1.82, 2.24) is 9.80 Å². The van der Waals surface area contributed by atoms with E-state index in [1.807, 2.05) is 26.8 Å². The van der Waals surface area contributed by atoms with E-state index in [1.54, 1.807) is 22.1 Å². The third-order valence-electron chi connectivity index (χ3n) is 3.01. The summed E-state index contributed by atoms with van der Waals surface area (Å²) >= 11 is 0. The highest BCUT2D eigenvalue weighted by Crippen LogP contribution is 2.11. The standard InChI is InChI=1S/C14H22N2O4/c1-4-15(10-12-6-5-9-20-12)14(19)16(11(2)3)8-7-13(17)18/h5-6,9,11H,4,7-8,10H2,1-3H3,(H,17,18). The molecule has 1 aromatic heterocycles. The Morgan fingerprint density at radius 3 is 2.55 bits per heavy atom. The van der Waals surface area contributed by atoms with E-state index >= 15 is 0 Å². The van der Waals surface area contributed by atoms with E-state index in [0.29, 0.717) is 18.8 Å². The molecule has 0 spiro atoms. The van der Waals surface area contributed by atoms with Gasteiger partial charge < -0.3 is 19.3 Å². The molecule has 6 heteroatoms. The summed E-state index contributed by atoms with van der Waals surface area (Å²) < 4.78 is 5.25. The lowest BCUT2D eigenvalue weighted by Crippen LogP contribution is -2.46. The molecule has 112 valence electrons. The maximum Gasteiger partial charge on any atom is 0.320 e. The van der Waals surface area contributed by atoms with Crippen LogP contribution in [0.4, 0.5) is 4.79 Å². The summed E-state index contributed by atoms with van der Waals surface area (Å²) in [6, 6.07) is 3.37. The molecule has 0 radical (unpaired) electrons. The zero-order chi connectivity index (χ0) is 15.1. The molecule has 1 heterocycles. The van der Waals surface area contributed by atoms with Crippen molar-refractivity contribution in [3.05, 3.63) is 24.2 Å². The highest BCUT2D eigenvalue weighted by Gasteiger charge is 2.23. The van der Waals surface area contributed by atoms with Crippen molar-refractivity contribution in [3.63, 3.8) is 0 Å². The smallest absolute Gasteiger partial charge is 0.320 e. The molecule has 0 bridgehead atoms. The molecule has 0 aromatic carbocycles. The minimum absolute atomic E-state index is 0.0486. The van der Waals surface area contributed by atoms with Crippen molar-refractivity contribution in [3.8, 4) is 0 Å². The van der Waals surface area contributed by atoms with Gasteiger partial charge in [-0.05, 0) is 32.9 Å². The number of carbonyl (C=O) groups excluding carboxylic acids is 1. The molecule has 20 heavy (non-hydrogen) atoms. The molecule has 0 aliphatic heterocycles. The molecule has 0 atom stereocenters. The fourth-order valence-electron chi connectivity index (χ4n) is 1.88. The Morgan fingerprint density at radius 2 is 2.10 bits per heavy atom. The lowest BCUT2D eigenvalue weighted by atomic mass is 10.3. The third kappa shape index (κ3) is 4.60. The number of carbonyl (C=O) groups is 2. The maximum absolute atomic E-state index is 12.5. The number of nitrogens with zero attached hydrogens (tertiary/aromatic N) is 2.